The first kappa shape index (κ1) is 22.7. The van der Waals surface area contributed by atoms with E-state index in [1.54, 1.807) is 49.4 Å². The molecule has 0 saturated heterocycles. The van der Waals surface area contributed by atoms with Crippen LogP contribution in [0.3, 0.4) is 0 Å². The number of ether oxygens (including phenoxy) is 3. The summed E-state index contributed by atoms with van der Waals surface area (Å²) in [5.74, 6) is -0.182. The Morgan fingerprint density at radius 1 is 1.12 bits per heavy atom. The number of carbonyl (C=O) groups excluding carboxylic acids is 1. The molecule has 0 radical (unpaired) electrons. The molecule has 9 heteroatoms. The van der Waals surface area contributed by atoms with E-state index >= 15 is 0 Å². The van der Waals surface area contributed by atoms with Crippen LogP contribution in [0.15, 0.2) is 71.4 Å². The Bertz CT molecular complexity index is 1350. The zero-order valence-corrected chi connectivity index (χ0v) is 18.3. The number of nitrogens with zero attached hydrogens (tertiary/aromatic N) is 2. The van der Waals surface area contributed by atoms with Gasteiger partial charge in [-0.05, 0) is 54.5 Å². The quantitative estimate of drug-likeness (QED) is 0.213. The van der Waals surface area contributed by atoms with E-state index in [9.17, 15) is 19.3 Å². The van der Waals surface area contributed by atoms with Gasteiger partial charge in [0, 0.05) is 17.2 Å². The molecule has 0 aromatic heterocycles. The first-order valence-electron chi connectivity index (χ1n) is 10.2. The molecule has 0 bridgehead atoms. The number of aliphatic imine (C=N–C) groups is 1. The van der Waals surface area contributed by atoms with Crippen LogP contribution in [-0.4, -0.2) is 23.9 Å². The number of methoxy groups -OCH3 is 1. The summed E-state index contributed by atoms with van der Waals surface area (Å²) in [6.45, 7) is 1.77. The molecule has 3 aromatic carbocycles. The van der Waals surface area contributed by atoms with E-state index < -0.39 is 10.9 Å². The normalized spacial score (nSPS) is 14.0. The Balaban J connectivity index is 1.56. The van der Waals surface area contributed by atoms with Gasteiger partial charge in [-0.15, -0.1) is 0 Å². The number of hydrogen-bond acceptors (Lipinski definition) is 7. The lowest BCUT2D eigenvalue weighted by Crippen LogP contribution is -2.06. The van der Waals surface area contributed by atoms with Gasteiger partial charge in [-0.25, -0.2) is 14.2 Å². The minimum Gasteiger partial charge on any atom is -0.493 e. The van der Waals surface area contributed by atoms with Gasteiger partial charge in [-0.3, -0.25) is 10.1 Å². The summed E-state index contributed by atoms with van der Waals surface area (Å²) in [5, 5.41) is 11.2. The van der Waals surface area contributed by atoms with Crippen molar-refractivity contribution in [3.05, 3.63) is 105 Å². The Morgan fingerprint density at radius 2 is 1.94 bits per heavy atom. The lowest BCUT2D eigenvalue weighted by atomic mass is 10.1. The van der Waals surface area contributed by atoms with Crippen molar-refractivity contribution in [2.75, 3.05) is 7.11 Å². The van der Waals surface area contributed by atoms with Crippen LogP contribution in [0.25, 0.3) is 6.08 Å². The minimum atomic E-state index is -0.677. The van der Waals surface area contributed by atoms with Crippen molar-refractivity contribution in [2.45, 2.75) is 13.5 Å². The highest BCUT2D eigenvalue weighted by molar-refractivity contribution is 6.13. The highest BCUT2D eigenvalue weighted by Crippen LogP contribution is 2.31. The summed E-state index contributed by atoms with van der Waals surface area (Å²) in [7, 11) is 1.48. The van der Waals surface area contributed by atoms with Crippen molar-refractivity contribution >= 4 is 23.6 Å². The second kappa shape index (κ2) is 9.53. The molecule has 0 N–H and O–H groups in total. The summed E-state index contributed by atoms with van der Waals surface area (Å²) < 4.78 is 29.7. The fraction of sp³-hybridized carbons (Fsp3) is 0.120. The van der Waals surface area contributed by atoms with Crippen LogP contribution in [0.4, 0.5) is 10.1 Å². The fourth-order valence-corrected chi connectivity index (χ4v) is 3.31. The summed E-state index contributed by atoms with van der Waals surface area (Å²) in [5.41, 5.74) is 2.02. The number of cyclic esters (lactones) is 1. The van der Waals surface area contributed by atoms with Crippen LogP contribution in [0.5, 0.6) is 11.5 Å². The first-order valence-corrected chi connectivity index (χ1v) is 10.2. The molecule has 0 saturated carbocycles. The number of carbonyl (C=O) groups is 1. The Morgan fingerprint density at radius 3 is 2.68 bits per heavy atom. The van der Waals surface area contributed by atoms with Gasteiger partial charge in [0.1, 0.15) is 12.4 Å². The number of nitro groups is 1. The van der Waals surface area contributed by atoms with Crippen molar-refractivity contribution in [3.8, 4) is 11.5 Å². The topological polar surface area (TPSA) is 100 Å². The maximum absolute atomic E-state index is 13.4. The molecule has 0 atom stereocenters. The van der Waals surface area contributed by atoms with Crippen LogP contribution in [0, 0.1) is 22.9 Å². The molecule has 4 rings (SSSR count). The van der Waals surface area contributed by atoms with Gasteiger partial charge in [-0.2, -0.15) is 0 Å². The zero-order valence-electron chi connectivity index (χ0n) is 18.3. The van der Waals surface area contributed by atoms with E-state index in [-0.39, 0.29) is 29.7 Å². The van der Waals surface area contributed by atoms with Crippen LogP contribution in [0.2, 0.25) is 0 Å². The maximum atomic E-state index is 13.4. The lowest BCUT2D eigenvalue weighted by Gasteiger charge is -2.11. The first-order chi connectivity index (χ1) is 16.3. The van der Waals surface area contributed by atoms with Gasteiger partial charge in [0.2, 0.25) is 5.90 Å². The van der Waals surface area contributed by atoms with Gasteiger partial charge >= 0.3 is 5.97 Å². The lowest BCUT2D eigenvalue weighted by molar-refractivity contribution is -0.385. The Hall–Kier alpha value is -4.53. The molecule has 0 unspecified atom stereocenters. The van der Waals surface area contributed by atoms with E-state index in [1.165, 1.54) is 31.4 Å². The average Bonchev–Trinajstić information content (AvgIpc) is 3.18. The predicted molar refractivity (Wildman–Crippen MR) is 122 cm³/mol. The van der Waals surface area contributed by atoms with E-state index in [2.05, 4.69) is 4.99 Å². The molecule has 34 heavy (non-hydrogen) atoms. The largest absolute Gasteiger partial charge is 0.493 e. The molecule has 1 heterocycles. The number of nitro benzene ring substituents is 1. The van der Waals surface area contributed by atoms with Crippen LogP contribution in [-0.2, 0) is 16.1 Å². The summed E-state index contributed by atoms with van der Waals surface area (Å²) >= 11 is 0. The zero-order chi connectivity index (χ0) is 24.2. The number of halogens is 1. The highest BCUT2D eigenvalue weighted by atomic mass is 19.1. The van der Waals surface area contributed by atoms with Gasteiger partial charge in [0.15, 0.2) is 17.2 Å². The van der Waals surface area contributed by atoms with Crippen molar-refractivity contribution < 1.29 is 28.3 Å². The van der Waals surface area contributed by atoms with E-state index in [0.29, 0.717) is 33.8 Å². The number of benzene rings is 3. The highest BCUT2D eigenvalue weighted by Gasteiger charge is 2.26. The minimum absolute atomic E-state index is 0.0126. The fourth-order valence-electron chi connectivity index (χ4n) is 3.31. The molecule has 0 spiro atoms. The van der Waals surface area contributed by atoms with Gasteiger partial charge in [-0.1, -0.05) is 24.3 Å². The third-order valence-electron chi connectivity index (χ3n) is 5.05. The molecule has 0 aliphatic carbocycles. The van der Waals surface area contributed by atoms with Crippen LogP contribution < -0.4 is 9.47 Å². The molecular weight excluding hydrogens is 443 g/mol. The molecular formula is C25H19FN2O6. The summed E-state index contributed by atoms with van der Waals surface area (Å²) in [6, 6.07) is 15.6. The van der Waals surface area contributed by atoms with Gasteiger partial charge < -0.3 is 14.2 Å². The van der Waals surface area contributed by atoms with Gasteiger partial charge in [0.25, 0.3) is 5.69 Å². The molecule has 1 aliphatic rings. The molecule has 0 fully saturated rings. The van der Waals surface area contributed by atoms with Crippen molar-refractivity contribution in [1.29, 1.82) is 0 Å². The summed E-state index contributed by atoms with van der Waals surface area (Å²) in [6.07, 6.45) is 1.51. The predicted octanol–water partition coefficient (Wildman–Crippen LogP) is 4.97. The van der Waals surface area contributed by atoms with E-state index in [0.717, 1.165) is 0 Å². The second-order valence-electron chi connectivity index (χ2n) is 7.42. The van der Waals surface area contributed by atoms with Crippen LogP contribution in [0.1, 0.15) is 22.3 Å². The monoisotopic (exact) mass is 462 g/mol. The van der Waals surface area contributed by atoms with E-state index in [4.69, 9.17) is 14.2 Å². The SMILES string of the molecule is COc1cc(/C=C2\N=C(c3ccc(C)c([N+](=O)[O-])c3)OC2=O)ccc1OCc1cccc(F)c1. The van der Waals surface area contributed by atoms with Crippen LogP contribution >= 0.6 is 0 Å². The van der Waals surface area contributed by atoms with Crippen molar-refractivity contribution in [1.82, 2.24) is 0 Å². The molecule has 3 aromatic rings. The second-order valence-corrected chi connectivity index (χ2v) is 7.42. The summed E-state index contributed by atoms with van der Waals surface area (Å²) in [4.78, 5) is 27.2. The molecule has 1 aliphatic heterocycles. The number of esters is 1. The molecule has 172 valence electrons. The van der Waals surface area contributed by atoms with Crippen molar-refractivity contribution in [2.24, 2.45) is 4.99 Å². The molecule has 0 amide bonds. The maximum Gasteiger partial charge on any atom is 0.363 e. The third-order valence-corrected chi connectivity index (χ3v) is 5.05. The van der Waals surface area contributed by atoms with Crippen molar-refractivity contribution in [3.63, 3.8) is 0 Å². The molecule has 8 nitrogen and oxygen atoms in total. The van der Waals surface area contributed by atoms with E-state index in [1.807, 2.05) is 0 Å². The number of aryl methyl sites for hydroxylation is 1. The number of rotatable bonds is 7. The standard InChI is InChI=1S/C25H19FN2O6/c1-15-6-8-18(13-21(15)28(30)31)24-27-20(25(29)34-24)11-16-7-9-22(23(12-16)32-2)33-14-17-4-3-5-19(26)10-17/h3-13H,14H2,1-2H3/b20-11-. The Kier molecular flexibility index (Phi) is 6.35. The van der Waals surface area contributed by atoms with Gasteiger partial charge in [0.05, 0.1) is 12.0 Å². The third kappa shape index (κ3) is 4.93. The smallest absolute Gasteiger partial charge is 0.363 e. The average molecular weight is 462 g/mol. The Labute approximate surface area is 194 Å². The number of hydrogen-bond donors (Lipinski definition) is 0.